The van der Waals surface area contributed by atoms with Crippen molar-refractivity contribution in [2.24, 2.45) is 0 Å². The lowest BCUT2D eigenvalue weighted by Crippen LogP contribution is -2.28. The van der Waals surface area contributed by atoms with E-state index in [0.29, 0.717) is 11.6 Å². The summed E-state index contributed by atoms with van der Waals surface area (Å²) in [6, 6.07) is 2.33. The third-order valence-electron chi connectivity index (χ3n) is 3.01. The fraction of sp³-hybridized carbons (Fsp3) is 0.333. The second kappa shape index (κ2) is 5.41. The summed E-state index contributed by atoms with van der Waals surface area (Å²) >= 11 is 0. The van der Waals surface area contributed by atoms with E-state index in [1.165, 1.54) is 20.0 Å². The molecule has 0 saturated carbocycles. The predicted molar refractivity (Wildman–Crippen MR) is 75.3 cm³/mol. The molecule has 21 heavy (non-hydrogen) atoms. The molecule has 1 heterocycles. The maximum absolute atomic E-state index is 13.7. The Morgan fingerprint density at radius 2 is 2.05 bits per heavy atom. The normalized spacial score (nSPS) is 12.0. The molecular weight excluding hydrogens is 297 g/mol. The molecule has 0 aliphatic carbocycles. The Morgan fingerprint density at radius 1 is 1.38 bits per heavy atom. The van der Waals surface area contributed by atoms with Crippen molar-refractivity contribution in [3.63, 3.8) is 0 Å². The molecule has 1 aromatic heterocycles. The zero-order chi connectivity index (χ0) is 15.8. The summed E-state index contributed by atoms with van der Waals surface area (Å²) in [5, 5.41) is 6.51. The van der Waals surface area contributed by atoms with Crippen molar-refractivity contribution in [1.29, 1.82) is 0 Å². The fourth-order valence-corrected chi connectivity index (χ4v) is 3.24. The summed E-state index contributed by atoms with van der Waals surface area (Å²) in [6.45, 7) is 3.08. The molecule has 0 aliphatic heterocycles. The van der Waals surface area contributed by atoms with Gasteiger partial charge >= 0.3 is 0 Å². The van der Waals surface area contributed by atoms with Crippen LogP contribution in [0.1, 0.15) is 17.2 Å². The summed E-state index contributed by atoms with van der Waals surface area (Å²) in [6.07, 6.45) is 0. The lowest BCUT2D eigenvalue weighted by atomic mass is 10.2. The highest BCUT2D eigenvalue weighted by Crippen LogP contribution is 2.24. The van der Waals surface area contributed by atoms with E-state index >= 15 is 0 Å². The highest BCUT2D eigenvalue weighted by Gasteiger charge is 2.25. The number of hydrogen-bond donors (Lipinski definition) is 2. The number of hydrogen-bond acceptors (Lipinski definition) is 5. The molecule has 0 aliphatic rings. The van der Waals surface area contributed by atoms with Crippen LogP contribution >= 0.6 is 0 Å². The third kappa shape index (κ3) is 3.03. The molecule has 0 radical (unpaired) electrons. The molecule has 114 valence electrons. The van der Waals surface area contributed by atoms with Crippen LogP contribution in [-0.4, -0.2) is 35.0 Å². The zero-order valence-electron chi connectivity index (χ0n) is 11.9. The van der Waals surface area contributed by atoms with E-state index in [4.69, 9.17) is 5.73 Å². The second-order valence-corrected chi connectivity index (χ2v) is 6.74. The Morgan fingerprint density at radius 3 is 2.62 bits per heavy atom. The van der Waals surface area contributed by atoms with Crippen LogP contribution in [0, 0.1) is 19.7 Å². The Labute approximate surface area is 122 Å². The Hall–Kier alpha value is -2.00. The number of aryl methyl sites for hydroxylation is 1. The van der Waals surface area contributed by atoms with Gasteiger partial charge in [-0.2, -0.15) is 9.40 Å². The summed E-state index contributed by atoms with van der Waals surface area (Å²) in [7, 11) is -2.51. The molecule has 2 rings (SSSR count). The number of rotatable bonds is 4. The molecule has 0 bridgehead atoms. The molecular formula is C12H16FN5O2S. The Balaban J connectivity index is 2.37. The van der Waals surface area contributed by atoms with Crippen LogP contribution in [0.15, 0.2) is 17.0 Å². The monoisotopic (exact) mass is 313 g/mol. The number of anilines is 1. The van der Waals surface area contributed by atoms with Gasteiger partial charge in [0.15, 0.2) is 5.82 Å². The van der Waals surface area contributed by atoms with E-state index in [1.54, 1.807) is 6.92 Å². The van der Waals surface area contributed by atoms with Crippen LogP contribution in [0.3, 0.4) is 0 Å². The van der Waals surface area contributed by atoms with E-state index in [2.05, 4.69) is 15.2 Å². The standard InChI is InChI=1S/C12H16FN5O2S/c1-7-10(13)4-9(14)5-11(7)21(19,20)18(3)6-12-15-8(2)16-17-12/h4-5H,6,14H2,1-3H3,(H,15,16,17). The van der Waals surface area contributed by atoms with Crippen LogP contribution < -0.4 is 5.73 Å². The van der Waals surface area contributed by atoms with Crippen LogP contribution in [0.2, 0.25) is 0 Å². The SMILES string of the molecule is Cc1nc(CN(C)S(=O)(=O)c2cc(N)cc(F)c2C)n[nH]1. The van der Waals surface area contributed by atoms with Gasteiger partial charge in [0, 0.05) is 18.3 Å². The number of benzene rings is 1. The first-order chi connectivity index (χ1) is 9.71. The van der Waals surface area contributed by atoms with Gasteiger partial charge in [-0.15, -0.1) is 0 Å². The number of nitrogens with two attached hydrogens (primary N) is 1. The van der Waals surface area contributed by atoms with Gasteiger partial charge in [0.05, 0.1) is 11.4 Å². The van der Waals surface area contributed by atoms with Gasteiger partial charge in [-0.05, 0) is 26.0 Å². The third-order valence-corrected chi connectivity index (χ3v) is 4.94. The first-order valence-corrected chi connectivity index (χ1v) is 7.55. The van der Waals surface area contributed by atoms with Crippen molar-refractivity contribution in [3.8, 4) is 0 Å². The molecule has 7 nitrogen and oxygen atoms in total. The fourth-order valence-electron chi connectivity index (χ4n) is 1.85. The zero-order valence-corrected chi connectivity index (χ0v) is 12.7. The maximum atomic E-state index is 13.7. The van der Waals surface area contributed by atoms with E-state index in [9.17, 15) is 12.8 Å². The van der Waals surface area contributed by atoms with E-state index in [1.807, 2.05) is 0 Å². The minimum absolute atomic E-state index is 0.0253. The number of sulfonamides is 1. The second-order valence-electron chi connectivity index (χ2n) is 4.72. The van der Waals surface area contributed by atoms with Gasteiger partial charge in [-0.25, -0.2) is 17.8 Å². The predicted octanol–water partition coefficient (Wildman–Crippen LogP) is 0.964. The number of nitrogen functional groups attached to an aromatic ring is 1. The van der Waals surface area contributed by atoms with Crippen molar-refractivity contribution in [3.05, 3.63) is 35.2 Å². The number of nitrogens with zero attached hydrogens (tertiary/aromatic N) is 3. The van der Waals surface area contributed by atoms with Crippen molar-refractivity contribution < 1.29 is 12.8 Å². The van der Waals surface area contributed by atoms with Gasteiger partial charge in [-0.3, -0.25) is 5.10 Å². The summed E-state index contributed by atoms with van der Waals surface area (Å²) in [5.74, 6) is 0.262. The number of halogens is 1. The van der Waals surface area contributed by atoms with Crippen molar-refractivity contribution in [1.82, 2.24) is 19.5 Å². The topological polar surface area (TPSA) is 105 Å². The highest BCUT2D eigenvalue weighted by atomic mass is 32.2. The minimum atomic E-state index is -3.88. The number of aromatic amines is 1. The number of H-pyrrole nitrogens is 1. The molecule has 0 saturated heterocycles. The van der Waals surface area contributed by atoms with Gasteiger partial charge in [-0.1, -0.05) is 0 Å². The summed E-state index contributed by atoms with van der Waals surface area (Å²) in [5.41, 5.74) is 5.61. The van der Waals surface area contributed by atoms with E-state index in [-0.39, 0.29) is 22.7 Å². The molecule has 0 amide bonds. The van der Waals surface area contributed by atoms with Crippen molar-refractivity contribution >= 4 is 15.7 Å². The molecule has 1 aromatic carbocycles. The molecule has 0 fully saturated rings. The largest absolute Gasteiger partial charge is 0.399 e. The summed E-state index contributed by atoms with van der Waals surface area (Å²) < 4.78 is 39.7. The average molecular weight is 313 g/mol. The first-order valence-electron chi connectivity index (χ1n) is 6.11. The lowest BCUT2D eigenvalue weighted by Gasteiger charge is -2.17. The molecule has 0 unspecified atom stereocenters. The Bertz CT molecular complexity index is 772. The molecule has 0 spiro atoms. The first kappa shape index (κ1) is 15.4. The smallest absolute Gasteiger partial charge is 0.243 e. The van der Waals surface area contributed by atoms with E-state index in [0.717, 1.165) is 10.4 Å². The van der Waals surface area contributed by atoms with Crippen LogP contribution in [0.5, 0.6) is 0 Å². The van der Waals surface area contributed by atoms with Crippen molar-refractivity contribution in [2.45, 2.75) is 25.3 Å². The highest BCUT2D eigenvalue weighted by molar-refractivity contribution is 7.89. The van der Waals surface area contributed by atoms with Gasteiger partial charge < -0.3 is 5.73 Å². The van der Waals surface area contributed by atoms with Crippen LogP contribution in [0.25, 0.3) is 0 Å². The molecule has 0 atom stereocenters. The Kier molecular flexibility index (Phi) is 3.97. The molecule has 2 aromatic rings. The van der Waals surface area contributed by atoms with E-state index < -0.39 is 15.8 Å². The molecule has 9 heteroatoms. The van der Waals surface area contributed by atoms with Gasteiger partial charge in [0.25, 0.3) is 0 Å². The average Bonchev–Trinajstić information content (AvgIpc) is 2.79. The quantitative estimate of drug-likeness (QED) is 0.818. The molecule has 3 N–H and O–H groups in total. The maximum Gasteiger partial charge on any atom is 0.243 e. The van der Waals surface area contributed by atoms with Gasteiger partial charge in [0.2, 0.25) is 10.0 Å². The van der Waals surface area contributed by atoms with Gasteiger partial charge in [0.1, 0.15) is 11.6 Å². The number of nitrogens with one attached hydrogen (secondary N) is 1. The van der Waals surface area contributed by atoms with Crippen LogP contribution in [-0.2, 0) is 16.6 Å². The summed E-state index contributed by atoms with van der Waals surface area (Å²) in [4.78, 5) is 3.89. The number of aromatic nitrogens is 3. The minimum Gasteiger partial charge on any atom is -0.399 e. The lowest BCUT2D eigenvalue weighted by molar-refractivity contribution is 0.456. The van der Waals surface area contributed by atoms with Crippen LogP contribution in [0.4, 0.5) is 10.1 Å². The van der Waals surface area contributed by atoms with Crippen molar-refractivity contribution in [2.75, 3.05) is 12.8 Å².